The molecule has 0 fully saturated rings. The Morgan fingerprint density at radius 2 is 1.94 bits per heavy atom. The van der Waals surface area contributed by atoms with E-state index in [1.54, 1.807) is 12.1 Å². The van der Waals surface area contributed by atoms with Gasteiger partial charge in [0.15, 0.2) is 0 Å². The van der Waals surface area contributed by atoms with Crippen LogP contribution in [0.15, 0.2) is 24.3 Å². The van der Waals surface area contributed by atoms with Crippen LogP contribution in [-0.2, 0) is 0 Å². The monoisotopic (exact) mass is 235 g/mol. The summed E-state index contributed by atoms with van der Waals surface area (Å²) in [5.41, 5.74) is 3.74. The zero-order valence-corrected chi connectivity index (χ0v) is 10.7. The highest BCUT2D eigenvalue weighted by Crippen LogP contribution is 2.14. The summed E-state index contributed by atoms with van der Waals surface area (Å²) in [6, 6.07) is 7.36. The van der Waals surface area contributed by atoms with E-state index in [1.807, 2.05) is 19.1 Å². The molecule has 0 aliphatic heterocycles. The Labute approximate surface area is 103 Å². The molecule has 4 N–H and O–H groups in total. The molecule has 1 aromatic rings. The Morgan fingerprint density at radius 3 is 2.53 bits per heavy atom. The predicted octanol–water partition coefficient (Wildman–Crippen LogP) is 2.14. The minimum absolute atomic E-state index is 0.0910. The number of para-hydroxylation sites is 1. The highest BCUT2D eigenvalue weighted by Gasteiger charge is 2.13. The number of hydrazine groups is 1. The normalized spacial score (nSPS) is 12.3. The van der Waals surface area contributed by atoms with E-state index in [1.165, 1.54) is 0 Å². The number of benzene rings is 1. The molecule has 4 nitrogen and oxygen atoms in total. The van der Waals surface area contributed by atoms with Crippen molar-refractivity contribution in [3.8, 4) is 0 Å². The van der Waals surface area contributed by atoms with Crippen molar-refractivity contribution < 1.29 is 4.79 Å². The van der Waals surface area contributed by atoms with E-state index in [9.17, 15) is 4.79 Å². The average molecular weight is 235 g/mol. The first-order valence-corrected chi connectivity index (χ1v) is 5.91. The largest absolute Gasteiger partial charge is 0.350 e. The number of carbonyl (C=O) groups is 1. The van der Waals surface area contributed by atoms with E-state index in [0.29, 0.717) is 17.2 Å². The molecular formula is C13H21N3O. The van der Waals surface area contributed by atoms with Crippen molar-refractivity contribution >= 4 is 11.6 Å². The van der Waals surface area contributed by atoms with E-state index < -0.39 is 0 Å². The third-order valence-electron chi connectivity index (χ3n) is 2.53. The molecule has 0 saturated carbocycles. The number of rotatable bonds is 5. The van der Waals surface area contributed by atoms with E-state index in [0.717, 1.165) is 6.42 Å². The summed E-state index contributed by atoms with van der Waals surface area (Å²) in [5.74, 6) is 5.84. The Hall–Kier alpha value is -1.55. The van der Waals surface area contributed by atoms with Crippen LogP contribution < -0.4 is 16.6 Å². The van der Waals surface area contributed by atoms with E-state index in [2.05, 4.69) is 24.6 Å². The van der Waals surface area contributed by atoms with Crippen LogP contribution in [0.3, 0.4) is 0 Å². The molecule has 0 aliphatic rings. The topological polar surface area (TPSA) is 67.2 Å². The summed E-state index contributed by atoms with van der Waals surface area (Å²) in [6.45, 7) is 6.28. The average Bonchev–Trinajstić information content (AvgIpc) is 2.27. The Balaban J connectivity index is 2.69. The second-order valence-electron chi connectivity index (χ2n) is 4.69. The minimum atomic E-state index is -0.0910. The van der Waals surface area contributed by atoms with Crippen LogP contribution in [0.25, 0.3) is 0 Å². The zero-order valence-electron chi connectivity index (χ0n) is 10.7. The maximum Gasteiger partial charge on any atom is 0.253 e. The second kappa shape index (κ2) is 6.25. The summed E-state index contributed by atoms with van der Waals surface area (Å²) in [4.78, 5) is 12.0. The SMILES string of the molecule is CC(C)CC(C)NC(=O)c1ccccc1NN. The molecule has 0 radical (unpaired) electrons. The van der Waals surface area contributed by atoms with Gasteiger partial charge in [0.2, 0.25) is 0 Å². The molecule has 17 heavy (non-hydrogen) atoms. The van der Waals surface area contributed by atoms with Gasteiger partial charge in [-0.3, -0.25) is 10.6 Å². The number of anilines is 1. The van der Waals surface area contributed by atoms with Crippen LogP contribution in [0.4, 0.5) is 5.69 Å². The molecule has 1 atom stereocenters. The molecule has 94 valence electrons. The molecule has 0 saturated heterocycles. The van der Waals surface area contributed by atoms with Crippen LogP contribution in [-0.4, -0.2) is 11.9 Å². The third-order valence-corrected chi connectivity index (χ3v) is 2.53. The lowest BCUT2D eigenvalue weighted by atomic mass is 10.0. The molecule has 1 unspecified atom stereocenters. The first-order valence-electron chi connectivity index (χ1n) is 5.91. The highest BCUT2D eigenvalue weighted by atomic mass is 16.1. The van der Waals surface area contributed by atoms with Crippen LogP contribution >= 0.6 is 0 Å². The van der Waals surface area contributed by atoms with Crippen molar-refractivity contribution in [1.29, 1.82) is 0 Å². The molecule has 1 aromatic carbocycles. The van der Waals surface area contributed by atoms with Crippen LogP contribution in [0.5, 0.6) is 0 Å². The summed E-state index contributed by atoms with van der Waals surface area (Å²) in [6.07, 6.45) is 0.962. The van der Waals surface area contributed by atoms with Crippen molar-refractivity contribution in [2.45, 2.75) is 33.2 Å². The van der Waals surface area contributed by atoms with Crippen molar-refractivity contribution in [3.63, 3.8) is 0 Å². The number of hydrogen-bond acceptors (Lipinski definition) is 3. The summed E-state index contributed by atoms with van der Waals surface area (Å²) in [5, 5.41) is 2.97. The molecule has 4 heteroatoms. The van der Waals surface area contributed by atoms with E-state index in [-0.39, 0.29) is 11.9 Å². The van der Waals surface area contributed by atoms with Crippen molar-refractivity contribution in [1.82, 2.24) is 5.32 Å². The van der Waals surface area contributed by atoms with Crippen LogP contribution in [0.1, 0.15) is 37.6 Å². The minimum Gasteiger partial charge on any atom is -0.350 e. The maximum absolute atomic E-state index is 12.0. The van der Waals surface area contributed by atoms with Gasteiger partial charge in [0.05, 0.1) is 11.3 Å². The molecule has 0 aliphatic carbocycles. The molecule has 0 aromatic heterocycles. The van der Waals surface area contributed by atoms with E-state index in [4.69, 9.17) is 5.84 Å². The van der Waals surface area contributed by atoms with Crippen LogP contribution in [0, 0.1) is 5.92 Å². The molecular weight excluding hydrogens is 214 g/mol. The van der Waals surface area contributed by atoms with Gasteiger partial charge >= 0.3 is 0 Å². The quantitative estimate of drug-likeness (QED) is 0.541. The fourth-order valence-electron chi connectivity index (χ4n) is 1.87. The number of amides is 1. The van der Waals surface area contributed by atoms with Gasteiger partial charge in [-0.15, -0.1) is 0 Å². The van der Waals surface area contributed by atoms with Gasteiger partial charge in [-0.1, -0.05) is 26.0 Å². The standard InChI is InChI=1S/C13H21N3O/c1-9(2)8-10(3)15-13(17)11-6-4-5-7-12(11)16-14/h4-7,9-10,16H,8,14H2,1-3H3,(H,15,17). The third kappa shape index (κ3) is 4.07. The van der Waals surface area contributed by atoms with Crippen molar-refractivity contribution in [3.05, 3.63) is 29.8 Å². The lowest BCUT2D eigenvalue weighted by molar-refractivity contribution is 0.0937. The number of hydrogen-bond donors (Lipinski definition) is 3. The molecule has 1 amide bonds. The van der Waals surface area contributed by atoms with E-state index >= 15 is 0 Å². The highest BCUT2D eigenvalue weighted by molar-refractivity contribution is 5.99. The maximum atomic E-state index is 12.0. The second-order valence-corrected chi connectivity index (χ2v) is 4.69. The summed E-state index contributed by atoms with van der Waals surface area (Å²) in [7, 11) is 0. The van der Waals surface area contributed by atoms with Crippen molar-refractivity contribution in [2.24, 2.45) is 11.8 Å². The Morgan fingerprint density at radius 1 is 1.29 bits per heavy atom. The molecule has 0 bridgehead atoms. The molecule has 0 heterocycles. The van der Waals surface area contributed by atoms with Gasteiger partial charge in [0.25, 0.3) is 5.91 Å². The lowest BCUT2D eigenvalue weighted by Crippen LogP contribution is -2.34. The fourth-order valence-corrected chi connectivity index (χ4v) is 1.87. The Bertz CT molecular complexity index is 377. The van der Waals surface area contributed by atoms with Gasteiger partial charge in [-0.05, 0) is 31.4 Å². The van der Waals surface area contributed by atoms with Gasteiger partial charge < -0.3 is 10.7 Å². The predicted molar refractivity (Wildman–Crippen MR) is 70.6 cm³/mol. The molecule has 1 rings (SSSR count). The summed E-state index contributed by atoms with van der Waals surface area (Å²) >= 11 is 0. The first-order chi connectivity index (χ1) is 8.04. The smallest absolute Gasteiger partial charge is 0.253 e. The van der Waals surface area contributed by atoms with Crippen LogP contribution in [0.2, 0.25) is 0 Å². The summed E-state index contributed by atoms with van der Waals surface area (Å²) < 4.78 is 0. The molecule has 0 spiro atoms. The number of nitrogens with two attached hydrogens (primary N) is 1. The first kappa shape index (κ1) is 13.5. The zero-order chi connectivity index (χ0) is 12.8. The van der Waals surface area contributed by atoms with Gasteiger partial charge in [-0.2, -0.15) is 0 Å². The Kier molecular flexibility index (Phi) is 4.97. The number of nitrogens with one attached hydrogen (secondary N) is 2. The van der Waals surface area contributed by atoms with Gasteiger partial charge in [0, 0.05) is 6.04 Å². The van der Waals surface area contributed by atoms with Crippen molar-refractivity contribution in [2.75, 3.05) is 5.43 Å². The van der Waals surface area contributed by atoms with Gasteiger partial charge in [0.1, 0.15) is 0 Å². The van der Waals surface area contributed by atoms with Gasteiger partial charge in [-0.25, -0.2) is 0 Å². The lowest BCUT2D eigenvalue weighted by Gasteiger charge is -2.17. The fraction of sp³-hybridized carbons (Fsp3) is 0.462. The number of carbonyl (C=O) groups excluding carboxylic acids is 1. The number of nitrogen functional groups attached to an aromatic ring is 1.